The van der Waals surface area contributed by atoms with E-state index in [-0.39, 0.29) is 37.1 Å². The van der Waals surface area contributed by atoms with Crippen molar-refractivity contribution in [2.75, 3.05) is 13.2 Å². The SMILES string of the molecule is Cc1ccc(C(=O)N2C[C@@H](OCc3cccc(C)n3)[C@H]3OCCC[C@H]32)cn1.O=CO.O=CO. The molecule has 1 amide bonds. The summed E-state index contributed by atoms with van der Waals surface area (Å²) in [6.07, 6.45) is 3.34. The Balaban J connectivity index is 0.000000582. The Morgan fingerprint density at radius 2 is 1.91 bits per heavy atom. The van der Waals surface area contributed by atoms with Crippen molar-refractivity contribution in [3.8, 4) is 0 Å². The summed E-state index contributed by atoms with van der Waals surface area (Å²) in [5, 5.41) is 13.8. The van der Waals surface area contributed by atoms with Gasteiger partial charge in [0.1, 0.15) is 12.2 Å². The molecule has 2 aliphatic rings. The number of hydrogen-bond donors (Lipinski definition) is 2. The number of rotatable bonds is 4. The van der Waals surface area contributed by atoms with Crippen molar-refractivity contribution in [2.45, 2.75) is 51.5 Å². The molecule has 0 radical (unpaired) electrons. The molecule has 0 bridgehead atoms. The average Bonchev–Trinajstić information content (AvgIpc) is 3.18. The fraction of sp³-hybridized carbons (Fsp3) is 0.435. The van der Waals surface area contributed by atoms with E-state index in [0.29, 0.717) is 18.7 Å². The molecule has 2 fully saturated rings. The van der Waals surface area contributed by atoms with Gasteiger partial charge in [0.25, 0.3) is 18.9 Å². The quantitative estimate of drug-likeness (QED) is 0.658. The molecule has 4 heterocycles. The lowest BCUT2D eigenvalue weighted by Crippen LogP contribution is -2.43. The maximum atomic E-state index is 13.0. The summed E-state index contributed by atoms with van der Waals surface area (Å²) in [6.45, 7) is 5.06. The van der Waals surface area contributed by atoms with Crippen molar-refractivity contribution in [2.24, 2.45) is 0 Å². The fourth-order valence-corrected chi connectivity index (χ4v) is 3.92. The normalized spacial score (nSPS) is 20.9. The molecule has 10 nitrogen and oxygen atoms in total. The zero-order chi connectivity index (χ0) is 24.2. The summed E-state index contributed by atoms with van der Waals surface area (Å²) in [5.41, 5.74) is 3.39. The Morgan fingerprint density at radius 3 is 2.55 bits per heavy atom. The summed E-state index contributed by atoms with van der Waals surface area (Å²) in [5.74, 6) is 0.00257. The summed E-state index contributed by atoms with van der Waals surface area (Å²) in [6, 6.07) is 9.68. The van der Waals surface area contributed by atoms with Gasteiger partial charge >= 0.3 is 0 Å². The number of likely N-dealkylation sites (tertiary alicyclic amines) is 1. The van der Waals surface area contributed by atoms with E-state index in [1.165, 1.54) is 0 Å². The lowest BCUT2D eigenvalue weighted by Gasteiger charge is -2.32. The molecule has 2 saturated heterocycles. The van der Waals surface area contributed by atoms with Crippen LogP contribution in [0.25, 0.3) is 0 Å². The number of carboxylic acid groups (broad SMARTS) is 2. The third kappa shape index (κ3) is 7.33. The smallest absolute Gasteiger partial charge is 0.290 e. The van der Waals surface area contributed by atoms with Crippen LogP contribution in [0.4, 0.5) is 0 Å². The number of carbonyl (C=O) groups is 3. The summed E-state index contributed by atoms with van der Waals surface area (Å²) < 4.78 is 12.2. The standard InChI is InChI=1S/C21H25N3O3.2CH2O2/c1-14-8-9-16(11-22-14)21(25)24-12-19(20-18(24)7-4-10-26-20)27-13-17-6-3-5-15(2)23-17;2*2-1-3/h3,5-6,8-9,11,18-20H,4,7,10,12-13H2,1-2H3;2*1H,(H,2,3)/t18-,19-,20+;;/m1../s1. The van der Waals surface area contributed by atoms with Gasteiger partial charge in [-0.2, -0.15) is 0 Å². The first-order valence-corrected chi connectivity index (χ1v) is 10.5. The molecule has 3 atom stereocenters. The Labute approximate surface area is 192 Å². The highest BCUT2D eigenvalue weighted by molar-refractivity contribution is 5.94. The first kappa shape index (κ1) is 25.9. The minimum absolute atomic E-state index is 0.00257. The van der Waals surface area contributed by atoms with Gasteiger partial charge in [-0.3, -0.25) is 24.4 Å². The number of carbonyl (C=O) groups excluding carboxylic acids is 1. The van der Waals surface area contributed by atoms with Gasteiger partial charge in [-0.15, -0.1) is 0 Å². The van der Waals surface area contributed by atoms with Gasteiger partial charge in [0.15, 0.2) is 0 Å². The van der Waals surface area contributed by atoms with Gasteiger partial charge < -0.3 is 24.6 Å². The van der Waals surface area contributed by atoms with Gasteiger partial charge in [-0.05, 0) is 51.0 Å². The molecule has 178 valence electrons. The molecule has 2 aromatic rings. The van der Waals surface area contributed by atoms with Crippen molar-refractivity contribution in [3.05, 3.63) is 59.2 Å². The maximum absolute atomic E-state index is 13.0. The van der Waals surface area contributed by atoms with E-state index < -0.39 is 0 Å². The number of hydrogen-bond acceptors (Lipinski definition) is 7. The van der Waals surface area contributed by atoms with Crippen LogP contribution in [0.1, 0.15) is 40.3 Å². The van der Waals surface area contributed by atoms with Gasteiger partial charge in [0.05, 0.1) is 30.5 Å². The zero-order valence-electron chi connectivity index (χ0n) is 18.7. The van der Waals surface area contributed by atoms with Crippen molar-refractivity contribution >= 4 is 18.9 Å². The highest BCUT2D eigenvalue weighted by atomic mass is 16.5. The van der Waals surface area contributed by atoms with Gasteiger partial charge in [-0.1, -0.05) is 6.07 Å². The van der Waals surface area contributed by atoms with E-state index >= 15 is 0 Å². The summed E-state index contributed by atoms with van der Waals surface area (Å²) >= 11 is 0. The lowest BCUT2D eigenvalue weighted by molar-refractivity contribution is -0.123. The fourth-order valence-electron chi connectivity index (χ4n) is 3.92. The van der Waals surface area contributed by atoms with Crippen molar-refractivity contribution in [1.82, 2.24) is 14.9 Å². The molecule has 33 heavy (non-hydrogen) atoms. The molecule has 0 aliphatic carbocycles. The van der Waals surface area contributed by atoms with Crippen molar-refractivity contribution < 1.29 is 34.1 Å². The van der Waals surface area contributed by atoms with Crippen LogP contribution in [0.15, 0.2) is 36.5 Å². The van der Waals surface area contributed by atoms with Crippen LogP contribution in [0.5, 0.6) is 0 Å². The largest absolute Gasteiger partial charge is 0.483 e. The van der Waals surface area contributed by atoms with E-state index in [1.807, 2.05) is 49.1 Å². The highest BCUT2D eigenvalue weighted by Gasteiger charge is 2.46. The Hall–Kier alpha value is -3.37. The van der Waals surface area contributed by atoms with Crippen LogP contribution >= 0.6 is 0 Å². The van der Waals surface area contributed by atoms with Gasteiger partial charge in [-0.25, -0.2) is 0 Å². The van der Waals surface area contributed by atoms with Crippen LogP contribution in [-0.2, 0) is 25.7 Å². The molecule has 0 spiro atoms. The second kappa shape index (κ2) is 13.2. The number of pyridine rings is 2. The molecule has 4 rings (SSSR count). The number of aryl methyl sites for hydroxylation is 2. The van der Waals surface area contributed by atoms with Crippen molar-refractivity contribution in [3.63, 3.8) is 0 Å². The van der Waals surface area contributed by atoms with Crippen LogP contribution in [0, 0.1) is 13.8 Å². The first-order valence-electron chi connectivity index (χ1n) is 10.5. The lowest BCUT2D eigenvalue weighted by atomic mass is 10.0. The van der Waals surface area contributed by atoms with Crippen LogP contribution in [0.2, 0.25) is 0 Å². The Morgan fingerprint density at radius 1 is 1.18 bits per heavy atom. The van der Waals surface area contributed by atoms with E-state index in [0.717, 1.165) is 36.5 Å². The molecule has 0 unspecified atom stereocenters. The third-order valence-electron chi connectivity index (χ3n) is 5.29. The molecule has 2 N–H and O–H groups in total. The number of aromatic nitrogens is 2. The van der Waals surface area contributed by atoms with E-state index in [4.69, 9.17) is 29.3 Å². The van der Waals surface area contributed by atoms with E-state index in [1.54, 1.807) is 6.20 Å². The summed E-state index contributed by atoms with van der Waals surface area (Å²) in [4.78, 5) is 40.4. The Kier molecular flexibility index (Phi) is 10.4. The molecule has 2 aromatic heterocycles. The average molecular weight is 459 g/mol. The minimum Gasteiger partial charge on any atom is -0.483 e. The third-order valence-corrected chi connectivity index (χ3v) is 5.29. The number of amides is 1. The molecule has 0 saturated carbocycles. The van der Waals surface area contributed by atoms with Crippen molar-refractivity contribution in [1.29, 1.82) is 0 Å². The second-order valence-corrected chi connectivity index (χ2v) is 7.52. The van der Waals surface area contributed by atoms with Gasteiger partial charge in [0, 0.05) is 24.2 Å². The molecule has 10 heteroatoms. The molecular formula is C23H29N3O7. The van der Waals surface area contributed by atoms with Crippen LogP contribution in [0.3, 0.4) is 0 Å². The second-order valence-electron chi connectivity index (χ2n) is 7.52. The predicted molar refractivity (Wildman–Crippen MR) is 118 cm³/mol. The highest BCUT2D eigenvalue weighted by Crippen LogP contribution is 2.32. The van der Waals surface area contributed by atoms with Crippen LogP contribution in [-0.4, -0.2) is 75.3 Å². The number of ether oxygens (including phenoxy) is 2. The van der Waals surface area contributed by atoms with E-state index in [9.17, 15) is 4.79 Å². The number of fused-ring (bicyclic) bond motifs is 1. The van der Waals surface area contributed by atoms with Crippen LogP contribution < -0.4 is 0 Å². The predicted octanol–water partition coefficient (Wildman–Crippen LogP) is 2.08. The Bertz CT molecular complexity index is 901. The van der Waals surface area contributed by atoms with Gasteiger partial charge in [0.2, 0.25) is 0 Å². The zero-order valence-corrected chi connectivity index (χ0v) is 18.7. The maximum Gasteiger partial charge on any atom is 0.290 e. The molecule has 2 aliphatic heterocycles. The molecular weight excluding hydrogens is 430 g/mol. The molecule has 0 aromatic carbocycles. The minimum atomic E-state index is -0.250. The first-order chi connectivity index (χ1) is 15.9. The summed E-state index contributed by atoms with van der Waals surface area (Å²) in [7, 11) is 0. The topological polar surface area (TPSA) is 139 Å². The van der Waals surface area contributed by atoms with E-state index in [2.05, 4.69) is 9.97 Å². The number of nitrogens with zero attached hydrogens (tertiary/aromatic N) is 3. The monoisotopic (exact) mass is 459 g/mol.